The molecular weight excluding hydrogens is 302 g/mol. The van der Waals surface area contributed by atoms with Gasteiger partial charge in [-0.25, -0.2) is 0 Å². The van der Waals surface area contributed by atoms with E-state index in [2.05, 4.69) is 41.9 Å². The van der Waals surface area contributed by atoms with Crippen LogP contribution in [0.2, 0.25) is 0 Å². The van der Waals surface area contributed by atoms with E-state index in [1.165, 1.54) is 0 Å². The molecule has 1 heterocycles. The number of nitrogens with zero attached hydrogens (tertiary/aromatic N) is 3. The summed E-state index contributed by atoms with van der Waals surface area (Å²) in [5.41, 5.74) is 1.00. The molecule has 0 bridgehead atoms. The lowest BCUT2D eigenvalue weighted by Crippen LogP contribution is -2.02. The zero-order chi connectivity index (χ0) is 13.0. The lowest BCUT2D eigenvalue weighted by Gasteiger charge is -2.12. The molecule has 0 unspecified atom stereocenters. The van der Waals surface area contributed by atoms with Gasteiger partial charge >= 0.3 is 0 Å². The molecule has 2 rings (SSSR count). The maximum Gasteiger partial charge on any atom is 0.263 e. The van der Waals surface area contributed by atoms with Crippen LogP contribution in [0.15, 0.2) is 16.6 Å². The molecule has 0 atom stereocenters. The minimum absolute atomic E-state index is 0.445. The Morgan fingerprint density at radius 2 is 2.17 bits per heavy atom. The zero-order valence-corrected chi connectivity index (χ0v) is 11.5. The number of tetrazole rings is 1. The number of nitrogens with one attached hydrogen (secondary N) is 2. The van der Waals surface area contributed by atoms with Crippen molar-refractivity contribution in [2.24, 2.45) is 0 Å². The number of hydrogen-bond donors (Lipinski definition) is 2. The molecule has 0 aliphatic carbocycles. The van der Waals surface area contributed by atoms with Gasteiger partial charge in [0, 0.05) is 6.54 Å². The van der Waals surface area contributed by atoms with Gasteiger partial charge in [0.2, 0.25) is 0 Å². The molecule has 0 radical (unpaired) electrons. The van der Waals surface area contributed by atoms with Gasteiger partial charge in [0.15, 0.2) is 11.5 Å². The molecule has 2 N–H and O–H groups in total. The van der Waals surface area contributed by atoms with E-state index in [1.54, 1.807) is 14.2 Å². The standard InChI is InChI=1S/C10H12BrN5O2/c1-17-8-4-6(3-7(11)9(8)18-2)5-12-10-13-15-16-14-10/h3-4H,5H2,1-2H3,(H2,12,13,14,15,16). The first kappa shape index (κ1) is 12.6. The van der Waals surface area contributed by atoms with Gasteiger partial charge in [0.1, 0.15) is 0 Å². The van der Waals surface area contributed by atoms with Crippen molar-refractivity contribution in [1.29, 1.82) is 0 Å². The van der Waals surface area contributed by atoms with E-state index in [1.807, 2.05) is 12.1 Å². The molecule has 8 heteroatoms. The van der Waals surface area contributed by atoms with Crippen LogP contribution >= 0.6 is 15.9 Å². The van der Waals surface area contributed by atoms with Gasteiger partial charge in [-0.3, -0.25) is 0 Å². The molecule has 0 aliphatic heterocycles. The number of rotatable bonds is 5. The van der Waals surface area contributed by atoms with Crippen molar-refractivity contribution in [3.63, 3.8) is 0 Å². The number of hydrogen-bond acceptors (Lipinski definition) is 6. The van der Waals surface area contributed by atoms with Gasteiger partial charge in [-0.2, -0.15) is 5.21 Å². The van der Waals surface area contributed by atoms with Gasteiger partial charge in [-0.1, -0.05) is 5.10 Å². The van der Waals surface area contributed by atoms with Crippen LogP contribution in [0.5, 0.6) is 11.5 Å². The summed E-state index contributed by atoms with van der Waals surface area (Å²) in [6, 6.07) is 3.82. The second-order valence-corrected chi connectivity index (χ2v) is 4.26. The summed E-state index contributed by atoms with van der Waals surface area (Å²) < 4.78 is 11.3. The Morgan fingerprint density at radius 1 is 1.33 bits per heavy atom. The number of anilines is 1. The molecule has 96 valence electrons. The van der Waals surface area contributed by atoms with Gasteiger partial charge in [0.05, 0.1) is 18.7 Å². The van der Waals surface area contributed by atoms with Crippen molar-refractivity contribution in [2.75, 3.05) is 19.5 Å². The first-order valence-corrected chi connectivity index (χ1v) is 5.91. The summed E-state index contributed by atoms with van der Waals surface area (Å²) in [4.78, 5) is 0. The zero-order valence-electron chi connectivity index (χ0n) is 9.90. The Bertz CT molecular complexity index is 517. The highest BCUT2D eigenvalue weighted by Crippen LogP contribution is 2.36. The quantitative estimate of drug-likeness (QED) is 0.872. The van der Waals surface area contributed by atoms with Crippen LogP contribution in [0.3, 0.4) is 0 Å². The van der Waals surface area contributed by atoms with E-state index in [4.69, 9.17) is 9.47 Å². The van der Waals surface area contributed by atoms with Crippen LogP contribution in [0.4, 0.5) is 5.95 Å². The number of aromatic amines is 1. The Kier molecular flexibility index (Phi) is 3.98. The number of methoxy groups -OCH3 is 2. The fraction of sp³-hybridized carbons (Fsp3) is 0.300. The van der Waals surface area contributed by atoms with Crippen molar-refractivity contribution >= 4 is 21.9 Å². The van der Waals surface area contributed by atoms with E-state index >= 15 is 0 Å². The minimum Gasteiger partial charge on any atom is -0.493 e. The van der Waals surface area contributed by atoms with Crippen LogP contribution in [-0.4, -0.2) is 34.8 Å². The number of H-pyrrole nitrogens is 1. The smallest absolute Gasteiger partial charge is 0.263 e. The Morgan fingerprint density at radius 3 is 2.78 bits per heavy atom. The van der Waals surface area contributed by atoms with E-state index < -0.39 is 0 Å². The lowest BCUT2D eigenvalue weighted by molar-refractivity contribution is 0.352. The van der Waals surface area contributed by atoms with Crippen LogP contribution in [0.1, 0.15) is 5.56 Å². The summed E-state index contributed by atoms with van der Waals surface area (Å²) in [7, 11) is 3.19. The van der Waals surface area contributed by atoms with E-state index in [0.717, 1.165) is 10.0 Å². The molecule has 0 aliphatic rings. The second kappa shape index (κ2) is 5.67. The highest BCUT2D eigenvalue weighted by Gasteiger charge is 2.10. The SMILES string of the molecule is COc1cc(CNc2nn[nH]n2)cc(Br)c1OC. The molecule has 0 saturated carbocycles. The van der Waals surface area contributed by atoms with Crippen LogP contribution in [0, 0.1) is 0 Å². The fourth-order valence-electron chi connectivity index (χ4n) is 1.49. The fourth-order valence-corrected chi connectivity index (χ4v) is 2.14. The highest BCUT2D eigenvalue weighted by molar-refractivity contribution is 9.10. The van der Waals surface area contributed by atoms with Gasteiger partial charge in [-0.15, -0.1) is 5.10 Å². The van der Waals surface area contributed by atoms with Gasteiger partial charge in [0.25, 0.3) is 5.95 Å². The predicted octanol–water partition coefficient (Wildman–Crippen LogP) is 1.59. The monoisotopic (exact) mass is 313 g/mol. The number of ether oxygens (including phenoxy) is 2. The van der Waals surface area contributed by atoms with Gasteiger partial charge in [-0.05, 0) is 38.8 Å². The molecule has 18 heavy (non-hydrogen) atoms. The van der Waals surface area contributed by atoms with Crippen LogP contribution in [0.25, 0.3) is 0 Å². The number of benzene rings is 1. The Hall–Kier alpha value is -1.83. The molecule has 0 fully saturated rings. The van der Waals surface area contributed by atoms with Crippen LogP contribution in [-0.2, 0) is 6.54 Å². The van der Waals surface area contributed by atoms with Crippen molar-refractivity contribution in [2.45, 2.75) is 6.54 Å². The maximum absolute atomic E-state index is 5.26. The first-order chi connectivity index (χ1) is 8.74. The second-order valence-electron chi connectivity index (χ2n) is 3.40. The summed E-state index contributed by atoms with van der Waals surface area (Å²) in [6.07, 6.45) is 0. The predicted molar refractivity (Wildman–Crippen MR) is 68.8 cm³/mol. The first-order valence-electron chi connectivity index (χ1n) is 5.12. The largest absolute Gasteiger partial charge is 0.493 e. The van der Waals surface area contributed by atoms with E-state index in [0.29, 0.717) is 24.0 Å². The molecule has 7 nitrogen and oxygen atoms in total. The summed E-state index contributed by atoms with van der Waals surface area (Å²) >= 11 is 3.44. The normalized spacial score (nSPS) is 10.2. The summed E-state index contributed by atoms with van der Waals surface area (Å²) in [5.74, 6) is 1.78. The molecule has 0 spiro atoms. The van der Waals surface area contributed by atoms with Crippen molar-refractivity contribution in [1.82, 2.24) is 20.6 Å². The molecular formula is C10H12BrN5O2. The molecule has 0 saturated heterocycles. The van der Waals surface area contributed by atoms with E-state index in [-0.39, 0.29) is 0 Å². The number of halogens is 1. The Balaban J connectivity index is 2.16. The molecule has 1 aromatic carbocycles. The lowest BCUT2D eigenvalue weighted by atomic mass is 10.2. The van der Waals surface area contributed by atoms with Crippen molar-refractivity contribution < 1.29 is 9.47 Å². The summed E-state index contributed by atoms with van der Waals surface area (Å²) in [6.45, 7) is 0.554. The third-order valence-corrected chi connectivity index (χ3v) is 2.88. The molecule has 2 aromatic rings. The minimum atomic E-state index is 0.445. The van der Waals surface area contributed by atoms with Crippen LogP contribution < -0.4 is 14.8 Å². The summed E-state index contributed by atoms with van der Waals surface area (Å²) in [5, 5.41) is 16.5. The van der Waals surface area contributed by atoms with Crippen molar-refractivity contribution in [3.05, 3.63) is 22.2 Å². The van der Waals surface area contributed by atoms with E-state index in [9.17, 15) is 0 Å². The number of aromatic nitrogens is 4. The van der Waals surface area contributed by atoms with Gasteiger partial charge < -0.3 is 14.8 Å². The third kappa shape index (κ3) is 2.70. The Labute approximate surface area is 112 Å². The average molecular weight is 314 g/mol. The molecule has 1 aromatic heterocycles. The highest BCUT2D eigenvalue weighted by atomic mass is 79.9. The maximum atomic E-state index is 5.26. The molecule has 0 amide bonds. The average Bonchev–Trinajstić information content (AvgIpc) is 2.88. The topological polar surface area (TPSA) is 85.0 Å². The third-order valence-electron chi connectivity index (χ3n) is 2.29. The van der Waals surface area contributed by atoms with Crippen molar-refractivity contribution in [3.8, 4) is 11.5 Å².